The van der Waals surface area contributed by atoms with Crippen molar-refractivity contribution in [2.75, 3.05) is 5.43 Å². The summed E-state index contributed by atoms with van der Waals surface area (Å²) in [5.74, 6) is 0.419. The van der Waals surface area contributed by atoms with Crippen molar-refractivity contribution in [2.24, 2.45) is 19.2 Å². The number of nitrogens with one attached hydrogen (secondary N) is 1. The minimum Gasteiger partial charge on any atom is -0.298 e. The van der Waals surface area contributed by atoms with Gasteiger partial charge in [0.15, 0.2) is 11.2 Å². The topological polar surface area (TPSA) is 86.2 Å². The second kappa shape index (κ2) is 9.09. The van der Waals surface area contributed by atoms with E-state index in [1.165, 1.54) is 30.9 Å². The van der Waals surface area contributed by atoms with Crippen LogP contribution in [0.3, 0.4) is 0 Å². The second-order valence-electron chi connectivity index (χ2n) is 8.05. The molecule has 2 heterocycles. The molecule has 8 nitrogen and oxygen atoms in total. The van der Waals surface area contributed by atoms with E-state index in [0.29, 0.717) is 28.7 Å². The average molecular weight is 443 g/mol. The van der Waals surface area contributed by atoms with Gasteiger partial charge < -0.3 is 0 Å². The molecule has 4 rings (SSSR count). The Morgan fingerprint density at radius 3 is 2.42 bits per heavy atom. The van der Waals surface area contributed by atoms with Crippen molar-refractivity contribution in [3.63, 3.8) is 0 Å². The number of hydrazone groups is 1. The maximum absolute atomic E-state index is 13.0. The van der Waals surface area contributed by atoms with Gasteiger partial charge in [-0.15, -0.1) is 0 Å². The fourth-order valence-corrected chi connectivity index (χ4v) is 4.23. The predicted molar refractivity (Wildman–Crippen MR) is 124 cm³/mol. The Morgan fingerprint density at radius 1 is 1.03 bits per heavy atom. The minimum atomic E-state index is -0.419. The van der Waals surface area contributed by atoms with Crippen LogP contribution in [0.5, 0.6) is 0 Å². The van der Waals surface area contributed by atoms with Crippen LogP contribution in [0.4, 0.5) is 5.95 Å². The van der Waals surface area contributed by atoms with Gasteiger partial charge in [-0.2, -0.15) is 10.1 Å². The van der Waals surface area contributed by atoms with Crippen LogP contribution in [0.1, 0.15) is 50.5 Å². The third-order valence-electron chi connectivity index (χ3n) is 5.88. The van der Waals surface area contributed by atoms with E-state index in [1.807, 2.05) is 24.3 Å². The molecular formula is C22H27ClN6O2. The standard InChI is InChI=1S/C22H27ClN6O2/c1-27-19-18(20(30)28(2)22(27)31)29(14-15-10-8-9-13-17(15)23)21(24-19)26-25-16-11-6-4-3-5-7-12-16/h8-10,13H,3-7,11-12,14H2,1-2H3,(H,24,26). The van der Waals surface area contributed by atoms with Gasteiger partial charge in [0, 0.05) is 24.8 Å². The minimum absolute atomic E-state index is 0.320. The number of aryl methyl sites for hydroxylation is 1. The molecule has 1 aromatic carbocycles. The lowest BCUT2D eigenvalue weighted by molar-refractivity contribution is 0.606. The Labute approximate surface area is 185 Å². The van der Waals surface area contributed by atoms with E-state index < -0.39 is 11.2 Å². The number of imidazole rings is 1. The molecule has 1 aliphatic rings. The summed E-state index contributed by atoms with van der Waals surface area (Å²) in [6.07, 6.45) is 7.91. The van der Waals surface area contributed by atoms with Crippen LogP contribution in [-0.2, 0) is 20.6 Å². The monoisotopic (exact) mass is 442 g/mol. The van der Waals surface area contributed by atoms with Gasteiger partial charge in [0.05, 0.1) is 6.54 Å². The Morgan fingerprint density at radius 2 is 1.71 bits per heavy atom. The molecular weight excluding hydrogens is 416 g/mol. The highest BCUT2D eigenvalue weighted by Gasteiger charge is 2.20. The van der Waals surface area contributed by atoms with Crippen LogP contribution in [-0.4, -0.2) is 24.4 Å². The lowest BCUT2D eigenvalue weighted by Gasteiger charge is -2.13. The van der Waals surface area contributed by atoms with Crippen molar-refractivity contribution >= 4 is 34.4 Å². The molecule has 1 saturated carbocycles. The van der Waals surface area contributed by atoms with E-state index in [0.717, 1.165) is 41.5 Å². The molecule has 2 aromatic heterocycles. The van der Waals surface area contributed by atoms with Crippen molar-refractivity contribution in [3.05, 3.63) is 55.7 Å². The first-order valence-corrected chi connectivity index (χ1v) is 11.1. The predicted octanol–water partition coefficient (Wildman–Crippen LogP) is 3.65. The number of halogens is 1. The van der Waals surface area contributed by atoms with Crippen LogP contribution in [0.15, 0.2) is 39.0 Å². The van der Waals surface area contributed by atoms with E-state index in [-0.39, 0.29) is 0 Å². The number of nitrogens with zero attached hydrogens (tertiary/aromatic N) is 5. The SMILES string of the molecule is Cn1c(=O)c2c(nc(NN=C3CCCCCCC3)n2Cc2ccccc2Cl)n(C)c1=O. The summed E-state index contributed by atoms with van der Waals surface area (Å²) in [6, 6.07) is 7.48. The van der Waals surface area contributed by atoms with E-state index in [9.17, 15) is 9.59 Å². The lowest BCUT2D eigenvalue weighted by atomic mass is 9.99. The van der Waals surface area contributed by atoms with Crippen molar-refractivity contribution in [3.8, 4) is 0 Å². The summed E-state index contributed by atoms with van der Waals surface area (Å²) in [5, 5.41) is 5.23. The average Bonchev–Trinajstić information content (AvgIpc) is 3.10. The molecule has 164 valence electrons. The molecule has 0 spiro atoms. The molecule has 0 amide bonds. The maximum atomic E-state index is 13.0. The number of benzene rings is 1. The zero-order valence-corrected chi connectivity index (χ0v) is 18.7. The zero-order valence-electron chi connectivity index (χ0n) is 17.9. The Hall–Kier alpha value is -2.87. The molecule has 0 unspecified atom stereocenters. The number of hydrogen-bond donors (Lipinski definition) is 1. The van der Waals surface area contributed by atoms with Crippen LogP contribution in [0, 0.1) is 0 Å². The van der Waals surface area contributed by atoms with Gasteiger partial charge in [-0.05, 0) is 37.3 Å². The van der Waals surface area contributed by atoms with Crippen LogP contribution >= 0.6 is 11.6 Å². The number of anilines is 1. The van der Waals surface area contributed by atoms with Crippen molar-refractivity contribution in [2.45, 2.75) is 51.5 Å². The van der Waals surface area contributed by atoms with Gasteiger partial charge in [0.25, 0.3) is 5.56 Å². The number of rotatable bonds is 4. The molecule has 1 N–H and O–H groups in total. The summed E-state index contributed by atoms with van der Waals surface area (Å²) in [5.41, 5.74) is 4.88. The molecule has 0 radical (unpaired) electrons. The molecule has 0 saturated heterocycles. The van der Waals surface area contributed by atoms with Gasteiger partial charge in [-0.25, -0.2) is 10.2 Å². The third kappa shape index (κ3) is 4.30. The molecule has 0 atom stereocenters. The first-order chi connectivity index (χ1) is 15.0. The summed E-state index contributed by atoms with van der Waals surface area (Å²) in [6.45, 7) is 0.330. The van der Waals surface area contributed by atoms with Gasteiger partial charge >= 0.3 is 5.69 Å². The first-order valence-electron chi connectivity index (χ1n) is 10.7. The van der Waals surface area contributed by atoms with E-state index in [1.54, 1.807) is 11.6 Å². The second-order valence-corrected chi connectivity index (χ2v) is 8.46. The van der Waals surface area contributed by atoms with Gasteiger partial charge in [0.1, 0.15) is 0 Å². The molecule has 0 bridgehead atoms. The highest BCUT2D eigenvalue weighted by molar-refractivity contribution is 6.31. The largest absolute Gasteiger partial charge is 0.332 e. The van der Waals surface area contributed by atoms with Crippen LogP contribution in [0.2, 0.25) is 5.02 Å². The number of aromatic nitrogens is 4. The smallest absolute Gasteiger partial charge is 0.298 e. The molecule has 9 heteroatoms. The number of hydrogen-bond acceptors (Lipinski definition) is 5. The number of fused-ring (bicyclic) bond motifs is 1. The third-order valence-corrected chi connectivity index (χ3v) is 6.25. The van der Waals surface area contributed by atoms with Crippen molar-refractivity contribution in [1.82, 2.24) is 18.7 Å². The summed E-state index contributed by atoms with van der Waals surface area (Å²) >= 11 is 6.38. The Bertz CT molecular complexity index is 1240. The van der Waals surface area contributed by atoms with Crippen LogP contribution in [0.25, 0.3) is 11.2 Å². The van der Waals surface area contributed by atoms with Crippen LogP contribution < -0.4 is 16.7 Å². The van der Waals surface area contributed by atoms with Gasteiger partial charge in [0.2, 0.25) is 5.95 Å². The fourth-order valence-electron chi connectivity index (χ4n) is 4.04. The van der Waals surface area contributed by atoms with E-state index in [4.69, 9.17) is 11.6 Å². The quantitative estimate of drug-likeness (QED) is 0.625. The normalized spacial score (nSPS) is 15.0. The molecule has 3 aromatic rings. The molecule has 1 fully saturated rings. The highest BCUT2D eigenvalue weighted by atomic mass is 35.5. The Kier molecular flexibility index (Phi) is 6.27. The van der Waals surface area contributed by atoms with Gasteiger partial charge in [-0.1, -0.05) is 49.1 Å². The summed E-state index contributed by atoms with van der Waals surface area (Å²) in [4.78, 5) is 30.0. The highest BCUT2D eigenvalue weighted by Crippen LogP contribution is 2.22. The van der Waals surface area contributed by atoms with Gasteiger partial charge in [-0.3, -0.25) is 18.5 Å². The van der Waals surface area contributed by atoms with Crippen molar-refractivity contribution in [1.29, 1.82) is 0 Å². The summed E-state index contributed by atoms with van der Waals surface area (Å²) in [7, 11) is 3.08. The fraction of sp³-hybridized carbons (Fsp3) is 0.455. The van der Waals surface area contributed by atoms with Crippen molar-refractivity contribution < 1.29 is 0 Å². The van der Waals surface area contributed by atoms with E-state index in [2.05, 4.69) is 15.5 Å². The first kappa shape index (κ1) is 21.4. The molecule has 31 heavy (non-hydrogen) atoms. The Balaban J connectivity index is 1.82. The summed E-state index contributed by atoms with van der Waals surface area (Å²) < 4.78 is 4.23. The molecule has 0 aliphatic heterocycles. The lowest BCUT2D eigenvalue weighted by Crippen LogP contribution is -2.37. The zero-order chi connectivity index (χ0) is 22.0. The van der Waals surface area contributed by atoms with E-state index >= 15 is 0 Å². The maximum Gasteiger partial charge on any atom is 0.332 e. The molecule has 1 aliphatic carbocycles.